The number of aryl methyl sites for hydroxylation is 2. The highest BCUT2D eigenvalue weighted by Crippen LogP contribution is 2.34. The van der Waals surface area contributed by atoms with Gasteiger partial charge in [0.25, 0.3) is 0 Å². The van der Waals surface area contributed by atoms with Crippen molar-refractivity contribution in [1.29, 1.82) is 0 Å². The van der Waals surface area contributed by atoms with Crippen LogP contribution >= 0.6 is 0 Å². The first kappa shape index (κ1) is 15.4. The van der Waals surface area contributed by atoms with Crippen molar-refractivity contribution in [3.05, 3.63) is 65.5 Å². The van der Waals surface area contributed by atoms with Crippen LogP contribution in [-0.4, -0.2) is 21.2 Å². The number of benzene rings is 2. The van der Waals surface area contributed by atoms with E-state index in [0.29, 0.717) is 13.1 Å². The van der Waals surface area contributed by atoms with Crippen LogP contribution in [0.15, 0.2) is 48.5 Å². The highest BCUT2D eigenvalue weighted by atomic mass is 16.3. The number of para-hydroxylation sites is 2. The van der Waals surface area contributed by atoms with Crippen molar-refractivity contribution in [3.63, 3.8) is 0 Å². The van der Waals surface area contributed by atoms with Gasteiger partial charge >= 0.3 is 0 Å². The summed E-state index contributed by atoms with van der Waals surface area (Å²) in [5.74, 6) is 0.990. The molecule has 1 aliphatic carbocycles. The fraction of sp³-hybridized carbons (Fsp3) is 0.350. The first-order valence-corrected chi connectivity index (χ1v) is 8.59. The lowest BCUT2D eigenvalue weighted by molar-refractivity contribution is 0.0188. The molecule has 0 aliphatic heterocycles. The van der Waals surface area contributed by atoms with Gasteiger partial charge in [-0.3, -0.25) is 0 Å². The largest absolute Gasteiger partial charge is 0.384 e. The molecule has 24 heavy (non-hydrogen) atoms. The normalized spacial score (nSPS) is 20.2. The Labute approximate surface area is 142 Å². The summed E-state index contributed by atoms with van der Waals surface area (Å²) in [4.78, 5) is 4.68. The molecule has 3 aromatic rings. The average Bonchev–Trinajstić information content (AvgIpc) is 2.92. The van der Waals surface area contributed by atoms with E-state index in [2.05, 4.69) is 39.1 Å². The maximum absolute atomic E-state index is 11.1. The van der Waals surface area contributed by atoms with E-state index in [1.54, 1.807) is 0 Å². The van der Waals surface area contributed by atoms with Crippen LogP contribution < -0.4 is 5.32 Å². The van der Waals surface area contributed by atoms with Crippen molar-refractivity contribution in [2.24, 2.45) is 7.05 Å². The van der Waals surface area contributed by atoms with Gasteiger partial charge in [0.1, 0.15) is 11.4 Å². The molecule has 0 radical (unpaired) electrons. The molecule has 0 amide bonds. The van der Waals surface area contributed by atoms with Gasteiger partial charge in [0.15, 0.2) is 0 Å². The molecule has 4 nitrogen and oxygen atoms in total. The SMILES string of the molecule is Cn1c(CNCC2(O)CCCc3ccccc32)nc2ccccc21. The molecule has 1 atom stereocenters. The second kappa shape index (κ2) is 6.04. The van der Waals surface area contributed by atoms with Gasteiger partial charge in [0.2, 0.25) is 0 Å². The predicted octanol–water partition coefficient (Wildman–Crippen LogP) is 2.89. The lowest BCUT2D eigenvalue weighted by Crippen LogP contribution is -2.40. The fourth-order valence-corrected chi connectivity index (χ4v) is 3.82. The molecular weight excluding hydrogens is 298 g/mol. The zero-order chi connectivity index (χ0) is 16.6. The van der Waals surface area contributed by atoms with Crippen molar-refractivity contribution in [1.82, 2.24) is 14.9 Å². The molecule has 1 heterocycles. The Morgan fingerprint density at radius 2 is 1.96 bits per heavy atom. The monoisotopic (exact) mass is 321 g/mol. The standard InChI is InChI=1S/C20H23N3O/c1-23-18-11-5-4-10-17(18)22-19(23)13-21-14-20(24)12-6-8-15-7-2-3-9-16(15)20/h2-5,7,9-11,21,24H,6,8,12-14H2,1H3. The van der Waals surface area contributed by atoms with Crippen molar-refractivity contribution in [3.8, 4) is 0 Å². The first-order chi connectivity index (χ1) is 11.7. The molecule has 0 fully saturated rings. The number of nitrogens with zero attached hydrogens (tertiary/aromatic N) is 2. The molecule has 0 spiro atoms. The van der Waals surface area contributed by atoms with Gasteiger partial charge < -0.3 is 15.0 Å². The summed E-state index contributed by atoms with van der Waals surface area (Å²) in [5, 5.41) is 14.5. The summed E-state index contributed by atoms with van der Waals surface area (Å²) in [6, 6.07) is 16.4. The zero-order valence-electron chi connectivity index (χ0n) is 14.0. The number of aliphatic hydroxyl groups is 1. The second-order valence-corrected chi connectivity index (χ2v) is 6.72. The molecule has 0 bridgehead atoms. The topological polar surface area (TPSA) is 50.1 Å². The van der Waals surface area contributed by atoms with Crippen molar-refractivity contribution in [2.75, 3.05) is 6.54 Å². The minimum atomic E-state index is -0.778. The van der Waals surface area contributed by atoms with Crippen LogP contribution in [0.4, 0.5) is 0 Å². The second-order valence-electron chi connectivity index (χ2n) is 6.72. The number of aromatic nitrogens is 2. The Kier molecular flexibility index (Phi) is 3.87. The van der Waals surface area contributed by atoms with Gasteiger partial charge in [0.05, 0.1) is 17.6 Å². The third-order valence-electron chi connectivity index (χ3n) is 5.14. The van der Waals surface area contributed by atoms with Crippen LogP contribution in [-0.2, 0) is 25.6 Å². The quantitative estimate of drug-likeness (QED) is 0.777. The Morgan fingerprint density at radius 3 is 2.83 bits per heavy atom. The maximum atomic E-state index is 11.1. The first-order valence-electron chi connectivity index (χ1n) is 8.59. The van der Waals surface area contributed by atoms with Crippen LogP contribution in [0, 0.1) is 0 Å². The van der Waals surface area contributed by atoms with E-state index in [1.807, 2.05) is 31.3 Å². The van der Waals surface area contributed by atoms with Gasteiger partial charge in [-0.2, -0.15) is 0 Å². The molecular formula is C20H23N3O. The highest BCUT2D eigenvalue weighted by molar-refractivity contribution is 5.75. The fourth-order valence-electron chi connectivity index (χ4n) is 3.82. The molecule has 1 aromatic heterocycles. The molecule has 4 heteroatoms. The Morgan fingerprint density at radius 1 is 1.17 bits per heavy atom. The third-order valence-corrected chi connectivity index (χ3v) is 5.14. The van der Waals surface area contributed by atoms with Gasteiger partial charge in [-0.05, 0) is 42.5 Å². The van der Waals surface area contributed by atoms with E-state index in [9.17, 15) is 5.11 Å². The van der Waals surface area contributed by atoms with Crippen LogP contribution in [0.5, 0.6) is 0 Å². The van der Waals surface area contributed by atoms with Crippen molar-refractivity contribution in [2.45, 2.75) is 31.4 Å². The Balaban J connectivity index is 1.50. The number of hydrogen-bond acceptors (Lipinski definition) is 3. The molecule has 124 valence electrons. The van der Waals surface area contributed by atoms with E-state index < -0.39 is 5.60 Å². The summed E-state index contributed by atoms with van der Waals surface area (Å²) < 4.78 is 2.11. The Bertz CT molecular complexity index is 870. The third kappa shape index (κ3) is 2.62. The highest BCUT2D eigenvalue weighted by Gasteiger charge is 2.33. The molecule has 0 saturated heterocycles. The molecule has 0 saturated carbocycles. The van der Waals surface area contributed by atoms with Gasteiger partial charge in [-0.1, -0.05) is 36.4 Å². The van der Waals surface area contributed by atoms with Crippen LogP contribution in [0.25, 0.3) is 11.0 Å². The minimum absolute atomic E-state index is 0.549. The summed E-state index contributed by atoms with van der Waals surface area (Å²) in [5.41, 5.74) is 3.72. The van der Waals surface area contributed by atoms with Crippen LogP contribution in [0.2, 0.25) is 0 Å². The van der Waals surface area contributed by atoms with Gasteiger partial charge in [0, 0.05) is 13.6 Å². The summed E-state index contributed by atoms with van der Waals surface area (Å²) in [7, 11) is 2.04. The number of rotatable bonds is 4. The molecule has 1 aliphatic rings. The van der Waals surface area contributed by atoms with Crippen molar-refractivity contribution >= 4 is 11.0 Å². The summed E-state index contributed by atoms with van der Waals surface area (Å²) in [6.07, 6.45) is 2.89. The number of hydrogen-bond donors (Lipinski definition) is 2. The van der Waals surface area contributed by atoms with Crippen LogP contribution in [0.1, 0.15) is 29.8 Å². The lowest BCUT2D eigenvalue weighted by Gasteiger charge is -2.34. The van der Waals surface area contributed by atoms with Crippen LogP contribution in [0.3, 0.4) is 0 Å². The molecule has 2 N–H and O–H groups in total. The van der Waals surface area contributed by atoms with E-state index >= 15 is 0 Å². The zero-order valence-corrected chi connectivity index (χ0v) is 14.0. The van der Waals surface area contributed by atoms with Gasteiger partial charge in [-0.25, -0.2) is 4.98 Å². The van der Waals surface area contributed by atoms with Gasteiger partial charge in [-0.15, -0.1) is 0 Å². The number of nitrogens with one attached hydrogen (secondary N) is 1. The minimum Gasteiger partial charge on any atom is -0.384 e. The van der Waals surface area contributed by atoms with E-state index in [1.165, 1.54) is 5.56 Å². The number of imidazole rings is 1. The molecule has 1 unspecified atom stereocenters. The predicted molar refractivity (Wildman–Crippen MR) is 95.7 cm³/mol. The molecule has 2 aromatic carbocycles. The summed E-state index contributed by atoms with van der Waals surface area (Å²) >= 11 is 0. The van der Waals surface area contributed by atoms with Crippen molar-refractivity contribution < 1.29 is 5.11 Å². The van der Waals surface area contributed by atoms with E-state index in [0.717, 1.165) is 41.7 Å². The lowest BCUT2D eigenvalue weighted by atomic mass is 9.79. The molecule has 4 rings (SSSR count). The average molecular weight is 321 g/mol. The Hall–Kier alpha value is -2.17. The summed E-state index contributed by atoms with van der Waals surface area (Å²) in [6.45, 7) is 1.20. The van der Waals surface area contributed by atoms with E-state index in [-0.39, 0.29) is 0 Å². The smallest absolute Gasteiger partial charge is 0.123 e. The maximum Gasteiger partial charge on any atom is 0.123 e. The number of fused-ring (bicyclic) bond motifs is 2. The van der Waals surface area contributed by atoms with E-state index in [4.69, 9.17) is 0 Å².